The Hall–Kier alpha value is -2.19. The monoisotopic (exact) mass is 336 g/mol. The van der Waals surface area contributed by atoms with Crippen LogP contribution in [0.3, 0.4) is 0 Å². The van der Waals surface area contributed by atoms with Crippen LogP contribution in [0.5, 0.6) is 0 Å². The number of nitrogens with one attached hydrogen (secondary N) is 2. The van der Waals surface area contributed by atoms with Crippen LogP contribution >= 0.6 is 0 Å². The van der Waals surface area contributed by atoms with Gasteiger partial charge < -0.3 is 9.88 Å². The lowest BCUT2D eigenvalue weighted by Crippen LogP contribution is -2.28. The summed E-state index contributed by atoms with van der Waals surface area (Å²) in [6.07, 6.45) is 3.60. The molecular weight excluding hydrogens is 316 g/mol. The molecule has 124 valence electrons. The summed E-state index contributed by atoms with van der Waals surface area (Å²) in [6, 6.07) is 6.29. The van der Waals surface area contributed by atoms with E-state index in [2.05, 4.69) is 15.0 Å². The fourth-order valence-electron chi connectivity index (χ4n) is 2.23. The van der Waals surface area contributed by atoms with Crippen molar-refractivity contribution in [3.63, 3.8) is 0 Å². The fraction of sp³-hybridized carbons (Fsp3) is 0.333. The van der Waals surface area contributed by atoms with E-state index in [-0.39, 0.29) is 16.5 Å². The van der Waals surface area contributed by atoms with Crippen molar-refractivity contribution in [2.45, 2.75) is 24.3 Å². The van der Waals surface area contributed by atoms with Crippen LogP contribution in [0.4, 0.5) is 0 Å². The van der Waals surface area contributed by atoms with Gasteiger partial charge in [-0.25, -0.2) is 13.1 Å². The minimum absolute atomic E-state index is 0.0491. The summed E-state index contributed by atoms with van der Waals surface area (Å²) >= 11 is 0. The average Bonchev–Trinajstić information content (AvgIpc) is 2.95. The molecule has 0 aliphatic carbocycles. The number of nitrogens with zero attached hydrogens (tertiary/aromatic N) is 2. The summed E-state index contributed by atoms with van der Waals surface area (Å²) in [6.45, 7) is 1.88. The second kappa shape index (κ2) is 6.93. The summed E-state index contributed by atoms with van der Waals surface area (Å²) in [5.41, 5.74) is 0.930. The molecule has 2 aromatic rings. The van der Waals surface area contributed by atoms with E-state index in [0.717, 1.165) is 0 Å². The molecule has 0 saturated carbocycles. The van der Waals surface area contributed by atoms with Gasteiger partial charge in [-0.2, -0.15) is 0 Å². The van der Waals surface area contributed by atoms with Gasteiger partial charge in [0.2, 0.25) is 10.0 Å². The van der Waals surface area contributed by atoms with Crippen molar-refractivity contribution in [3.05, 3.63) is 48.0 Å². The Labute approximate surface area is 135 Å². The van der Waals surface area contributed by atoms with Crippen molar-refractivity contribution in [2.75, 3.05) is 7.05 Å². The van der Waals surface area contributed by atoms with E-state index in [0.29, 0.717) is 12.1 Å². The van der Waals surface area contributed by atoms with Gasteiger partial charge in [0.25, 0.3) is 5.91 Å². The predicted molar refractivity (Wildman–Crippen MR) is 86.4 cm³/mol. The second-order valence-electron chi connectivity index (χ2n) is 5.09. The molecule has 2 aromatic heterocycles. The molecule has 0 aromatic carbocycles. The van der Waals surface area contributed by atoms with Crippen LogP contribution in [-0.2, 0) is 17.1 Å². The molecule has 23 heavy (non-hydrogen) atoms. The number of aryl methyl sites for hydroxylation is 1. The van der Waals surface area contributed by atoms with Gasteiger partial charge in [0.05, 0.1) is 11.7 Å². The molecular formula is C15H20N4O3S. The largest absolute Gasteiger partial charge is 0.354 e. The molecule has 1 atom stereocenters. The Morgan fingerprint density at radius 2 is 2.13 bits per heavy atom. The Balaban J connectivity index is 2.30. The highest BCUT2D eigenvalue weighted by Gasteiger charge is 2.24. The van der Waals surface area contributed by atoms with Crippen molar-refractivity contribution in [1.82, 2.24) is 19.6 Å². The zero-order valence-electron chi connectivity index (χ0n) is 13.3. The first-order chi connectivity index (χ1) is 10.9. The quantitative estimate of drug-likeness (QED) is 0.829. The van der Waals surface area contributed by atoms with Crippen LogP contribution in [0.1, 0.15) is 35.6 Å². The Kier molecular flexibility index (Phi) is 5.17. The number of hydrogen-bond donors (Lipinski definition) is 2. The third-order valence-electron chi connectivity index (χ3n) is 3.50. The zero-order valence-corrected chi connectivity index (χ0v) is 14.1. The molecule has 0 radical (unpaired) electrons. The molecule has 0 aliphatic heterocycles. The first kappa shape index (κ1) is 17.2. The lowest BCUT2D eigenvalue weighted by Gasteiger charge is -2.15. The number of amides is 1. The van der Waals surface area contributed by atoms with Crippen molar-refractivity contribution >= 4 is 15.9 Å². The molecule has 0 fully saturated rings. The maximum atomic E-state index is 12.6. The standard InChI is InChI=1S/C15H20N4O3S/c1-4-12(13-7-5-6-8-17-13)18-23(21,22)11-9-14(15(20)16-2)19(3)10-11/h5-10,12,18H,4H2,1-3H3,(H,16,20)/t12-/m1/s1. The predicted octanol–water partition coefficient (Wildman–Crippen LogP) is 1.21. The third kappa shape index (κ3) is 3.77. The number of carbonyl (C=O) groups excluding carboxylic acids is 1. The van der Waals surface area contributed by atoms with Gasteiger partial charge in [-0.15, -0.1) is 0 Å². The molecule has 2 N–H and O–H groups in total. The molecule has 8 heteroatoms. The van der Waals surface area contributed by atoms with Gasteiger partial charge in [0.15, 0.2) is 0 Å². The van der Waals surface area contributed by atoms with Crippen LogP contribution in [0.25, 0.3) is 0 Å². The van der Waals surface area contributed by atoms with Crippen molar-refractivity contribution in [2.24, 2.45) is 7.05 Å². The van der Waals surface area contributed by atoms with Crippen LogP contribution in [-0.4, -0.2) is 30.9 Å². The summed E-state index contributed by atoms with van der Waals surface area (Å²) in [5.74, 6) is -0.342. The molecule has 0 bridgehead atoms. The van der Waals surface area contributed by atoms with E-state index in [1.165, 1.54) is 23.9 Å². The smallest absolute Gasteiger partial charge is 0.267 e. The first-order valence-electron chi connectivity index (χ1n) is 7.20. The van der Waals surface area contributed by atoms with Gasteiger partial charge in [-0.3, -0.25) is 9.78 Å². The third-order valence-corrected chi connectivity index (χ3v) is 4.94. The topological polar surface area (TPSA) is 93.1 Å². The SMILES string of the molecule is CC[C@@H](NS(=O)(=O)c1cc(C(=O)NC)n(C)c1)c1ccccn1. The summed E-state index contributed by atoms with van der Waals surface area (Å²) in [7, 11) is -0.633. The molecule has 7 nitrogen and oxygen atoms in total. The number of aromatic nitrogens is 2. The number of rotatable bonds is 6. The van der Waals surface area contributed by atoms with E-state index < -0.39 is 16.1 Å². The van der Waals surface area contributed by atoms with Gasteiger partial charge in [-0.05, 0) is 24.6 Å². The summed E-state index contributed by atoms with van der Waals surface area (Å²) < 4.78 is 29.3. The molecule has 0 saturated heterocycles. The fourth-order valence-corrected chi connectivity index (χ4v) is 3.59. The normalized spacial score (nSPS) is 12.8. The molecule has 1 amide bonds. The van der Waals surface area contributed by atoms with E-state index in [9.17, 15) is 13.2 Å². The Morgan fingerprint density at radius 1 is 1.39 bits per heavy atom. The van der Waals surface area contributed by atoms with Crippen molar-refractivity contribution < 1.29 is 13.2 Å². The second-order valence-corrected chi connectivity index (χ2v) is 6.80. The summed E-state index contributed by atoms with van der Waals surface area (Å²) in [5, 5.41) is 2.48. The molecule has 2 heterocycles. The first-order valence-corrected chi connectivity index (χ1v) is 8.69. The van der Waals surface area contributed by atoms with Crippen LogP contribution in [0.15, 0.2) is 41.6 Å². The molecule has 0 unspecified atom stereocenters. The van der Waals surface area contributed by atoms with Gasteiger partial charge in [0, 0.05) is 26.5 Å². The highest BCUT2D eigenvalue weighted by molar-refractivity contribution is 7.89. The molecule has 0 aliphatic rings. The minimum atomic E-state index is -3.75. The average molecular weight is 336 g/mol. The Bertz CT molecular complexity index is 784. The van der Waals surface area contributed by atoms with Crippen molar-refractivity contribution in [1.29, 1.82) is 0 Å². The lowest BCUT2D eigenvalue weighted by atomic mass is 10.1. The van der Waals surface area contributed by atoms with Gasteiger partial charge in [-0.1, -0.05) is 13.0 Å². The van der Waals surface area contributed by atoms with E-state index in [4.69, 9.17) is 0 Å². The van der Waals surface area contributed by atoms with Crippen LogP contribution < -0.4 is 10.0 Å². The molecule has 0 spiro atoms. The summed E-state index contributed by atoms with van der Waals surface area (Å²) in [4.78, 5) is 16.0. The number of sulfonamides is 1. The highest BCUT2D eigenvalue weighted by atomic mass is 32.2. The number of carbonyl (C=O) groups is 1. The van der Waals surface area contributed by atoms with Gasteiger partial charge >= 0.3 is 0 Å². The van der Waals surface area contributed by atoms with Gasteiger partial charge in [0.1, 0.15) is 10.6 Å². The number of pyridine rings is 1. The maximum absolute atomic E-state index is 12.6. The molecule has 2 rings (SSSR count). The van der Waals surface area contributed by atoms with E-state index in [1.807, 2.05) is 13.0 Å². The lowest BCUT2D eigenvalue weighted by molar-refractivity contribution is 0.0955. The maximum Gasteiger partial charge on any atom is 0.267 e. The van der Waals surface area contributed by atoms with E-state index in [1.54, 1.807) is 25.4 Å². The number of hydrogen-bond acceptors (Lipinski definition) is 4. The van der Waals surface area contributed by atoms with Crippen LogP contribution in [0, 0.1) is 0 Å². The van der Waals surface area contributed by atoms with E-state index >= 15 is 0 Å². The highest BCUT2D eigenvalue weighted by Crippen LogP contribution is 2.19. The van der Waals surface area contributed by atoms with Crippen molar-refractivity contribution in [3.8, 4) is 0 Å². The van der Waals surface area contributed by atoms with Crippen LogP contribution in [0.2, 0.25) is 0 Å². The zero-order chi connectivity index (χ0) is 17.0. The minimum Gasteiger partial charge on any atom is -0.354 e. The Morgan fingerprint density at radius 3 is 2.70 bits per heavy atom.